The van der Waals surface area contributed by atoms with Gasteiger partial charge in [0.25, 0.3) is 0 Å². The van der Waals surface area contributed by atoms with E-state index in [1.54, 1.807) is 16.8 Å². The second-order valence-corrected chi connectivity index (χ2v) is 16.5. The lowest BCUT2D eigenvalue weighted by atomic mass is 9.72. The average molecular weight is 639 g/mol. The summed E-state index contributed by atoms with van der Waals surface area (Å²) in [5.41, 5.74) is 12.1. The van der Waals surface area contributed by atoms with Crippen molar-refractivity contribution in [1.82, 2.24) is 9.80 Å². The molecule has 4 aliphatic carbocycles. The average Bonchev–Trinajstić information content (AvgIpc) is 3.56. The first-order valence-electron chi connectivity index (χ1n) is 18.0. The normalized spacial score (nSPS) is 28.6. The van der Waals surface area contributed by atoms with Crippen LogP contribution >= 0.6 is 11.8 Å². The fourth-order valence-corrected chi connectivity index (χ4v) is 10.6. The summed E-state index contributed by atoms with van der Waals surface area (Å²) in [5.74, 6) is 2.36. The van der Waals surface area contributed by atoms with Gasteiger partial charge in [0, 0.05) is 35.4 Å². The molecule has 2 nitrogen and oxygen atoms in total. The van der Waals surface area contributed by atoms with Crippen LogP contribution in [0.5, 0.6) is 0 Å². The Balaban J connectivity index is 1.25. The number of fused-ring (bicyclic) bond motifs is 4. The predicted octanol–water partition coefficient (Wildman–Crippen LogP) is 11.5. The van der Waals surface area contributed by atoms with E-state index in [4.69, 9.17) is 0 Å². The molecule has 3 heteroatoms. The fraction of sp³-hybridized carbons (Fsp3) is 0.409. The summed E-state index contributed by atoms with van der Waals surface area (Å²) in [6.45, 7) is 14.6. The Hall–Kier alpha value is -3.43. The molecule has 6 aliphatic rings. The van der Waals surface area contributed by atoms with Crippen molar-refractivity contribution in [3.8, 4) is 0 Å². The molecule has 242 valence electrons. The number of hydrogen-bond acceptors (Lipinski definition) is 3. The molecule has 2 aliphatic heterocycles. The Bertz CT molecular complexity index is 1890. The Morgan fingerprint density at radius 3 is 2.49 bits per heavy atom. The van der Waals surface area contributed by atoms with Crippen LogP contribution in [-0.4, -0.2) is 29.1 Å². The van der Waals surface area contributed by atoms with E-state index < -0.39 is 0 Å². The molecule has 0 saturated carbocycles. The molecule has 0 N–H and O–H groups in total. The summed E-state index contributed by atoms with van der Waals surface area (Å²) in [7, 11) is 2.37. The van der Waals surface area contributed by atoms with Crippen LogP contribution in [0.25, 0.3) is 10.8 Å². The minimum absolute atomic E-state index is 0.206. The molecule has 5 unspecified atom stereocenters. The second kappa shape index (κ2) is 11.9. The van der Waals surface area contributed by atoms with E-state index in [2.05, 4.69) is 143 Å². The van der Waals surface area contributed by atoms with Gasteiger partial charge in [0.05, 0.1) is 11.7 Å². The van der Waals surface area contributed by atoms with Crippen molar-refractivity contribution >= 4 is 22.5 Å². The van der Waals surface area contributed by atoms with Gasteiger partial charge in [-0.2, -0.15) is 0 Å². The van der Waals surface area contributed by atoms with Gasteiger partial charge in [0.1, 0.15) is 6.17 Å². The van der Waals surface area contributed by atoms with E-state index in [-0.39, 0.29) is 6.17 Å². The second-order valence-electron chi connectivity index (χ2n) is 15.4. The molecule has 2 aromatic carbocycles. The maximum absolute atomic E-state index is 2.95. The zero-order valence-corrected chi connectivity index (χ0v) is 30.1. The van der Waals surface area contributed by atoms with E-state index >= 15 is 0 Å². The SMILES string of the molecule is CC1=C(C2N(C)C3=C(C(C)CC=C3)N2C2C(C(C)C)=CC(C3=CC=CCC3)=CC2C(C)C)CC2C(=C1)Sc1cc3ccccc3cc12. The molecule has 8 rings (SSSR count). The van der Waals surface area contributed by atoms with Crippen molar-refractivity contribution in [1.29, 1.82) is 0 Å². The monoisotopic (exact) mass is 638 g/mol. The molecule has 0 bridgehead atoms. The van der Waals surface area contributed by atoms with Crippen LogP contribution in [-0.2, 0) is 0 Å². The van der Waals surface area contributed by atoms with Crippen molar-refractivity contribution < 1.29 is 0 Å². The minimum Gasteiger partial charge on any atom is -0.349 e. The van der Waals surface area contributed by atoms with Crippen LogP contribution in [0.4, 0.5) is 0 Å². The van der Waals surface area contributed by atoms with Gasteiger partial charge in [-0.15, -0.1) is 0 Å². The number of rotatable bonds is 5. The van der Waals surface area contributed by atoms with Gasteiger partial charge in [0.15, 0.2) is 0 Å². The maximum atomic E-state index is 2.95. The van der Waals surface area contributed by atoms with Crippen LogP contribution in [0.2, 0.25) is 0 Å². The van der Waals surface area contributed by atoms with Crippen LogP contribution in [0, 0.1) is 23.7 Å². The molecule has 2 heterocycles. The highest BCUT2D eigenvalue weighted by Crippen LogP contribution is 2.57. The Labute approximate surface area is 287 Å². The number of thioether (sulfide) groups is 1. The topological polar surface area (TPSA) is 6.48 Å². The lowest BCUT2D eigenvalue weighted by Gasteiger charge is -2.49. The number of nitrogens with zero attached hydrogens (tertiary/aromatic N) is 2. The Kier molecular flexibility index (Phi) is 7.83. The molecule has 0 spiro atoms. The highest BCUT2D eigenvalue weighted by Gasteiger charge is 2.49. The van der Waals surface area contributed by atoms with E-state index in [1.165, 1.54) is 48.6 Å². The van der Waals surface area contributed by atoms with Crippen LogP contribution < -0.4 is 0 Å². The van der Waals surface area contributed by atoms with Crippen molar-refractivity contribution in [3.63, 3.8) is 0 Å². The summed E-state index contributed by atoms with van der Waals surface area (Å²) >= 11 is 2.01. The van der Waals surface area contributed by atoms with Gasteiger partial charge in [-0.1, -0.05) is 107 Å². The summed E-state index contributed by atoms with van der Waals surface area (Å²) < 4.78 is 0. The molecule has 0 aromatic heterocycles. The predicted molar refractivity (Wildman–Crippen MR) is 201 cm³/mol. The molecule has 5 atom stereocenters. The van der Waals surface area contributed by atoms with Gasteiger partial charge >= 0.3 is 0 Å². The minimum atomic E-state index is 0.206. The third kappa shape index (κ3) is 5.07. The van der Waals surface area contributed by atoms with Crippen molar-refractivity contribution in [2.24, 2.45) is 23.7 Å². The van der Waals surface area contributed by atoms with Crippen molar-refractivity contribution in [3.05, 3.63) is 135 Å². The zero-order chi connectivity index (χ0) is 32.6. The molecular weight excluding hydrogens is 589 g/mol. The first-order chi connectivity index (χ1) is 22.7. The lowest BCUT2D eigenvalue weighted by Crippen LogP contribution is -2.52. The highest BCUT2D eigenvalue weighted by atomic mass is 32.2. The molecule has 0 saturated heterocycles. The molecule has 0 amide bonds. The van der Waals surface area contributed by atoms with Crippen molar-refractivity contribution in [2.45, 2.75) is 90.2 Å². The quantitative estimate of drug-likeness (QED) is 0.322. The number of benzene rings is 2. The molecule has 47 heavy (non-hydrogen) atoms. The number of hydrogen-bond donors (Lipinski definition) is 0. The van der Waals surface area contributed by atoms with Gasteiger partial charge < -0.3 is 9.80 Å². The van der Waals surface area contributed by atoms with Gasteiger partial charge in [0.2, 0.25) is 0 Å². The first-order valence-corrected chi connectivity index (χ1v) is 18.9. The summed E-state index contributed by atoms with van der Waals surface area (Å²) in [5, 5.41) is 2.70. The third-order valence-corrected chi connectivity index (χ3v) is 12.9. The van der Waals surface area contributed by atoms with E-state index in [9.17, 15) is 0 Å². The summed E-state index contributed by atoms with van der Waals surface area (Å²) in [6.07, 6.45) is 24.3. The Morgan fingerprint density at radius 2 is 1.77 bits per heavy atom. The zero-order valence-electron chi connectivity index (χ0n) is 29.3. The van der Waals surface area contributed by atoms with E-state index in [1.807, 2.05) is 11.8 Å². The van der Waals surface area contributed by atoms with Crippen LogP contribution in [0.3, 0.4) is 0 Å². The first kappa shape index (κ1) is 30.9. The van der Waals surface area contributed by atoms with Gasteiger partial charge in [-0.3, -0.25) is 0 Å². The molecule has 0 radical (unpaired) electrons. The van der Waals surface area contributed by atoms with Crippen LogP contribution in [0.1, 0.15) is 78.7 Å². The largest absolute Gasteiger partial charge is 0.349 e. The van der Waals surface area contributed by atoms with Crippen molar-refractivity contribution in [2.75, 3.05) is 7.05 Å². The Morgan fingerprint density at radius 1 is 0.979 bits per heavy atom. The lowest BCUT2D eigenvalue weighted by molar-refractivity contribution is 0.108. The van der Waals surface area contributed by atoms with E-state index in [0.717, 1.165) is 25.7 Å². The fourth-order valence-electron chi connectivity index (χ4n) is 9.25. The van der Waals surface area contributed by atoms with Gasteiger partial charge in [-0.25, -0.2) is 0 Å². The summed E-state index contributed by atoms with van der Waals surface area (Å²) in [6, 6.07) is 14.1. The maximum Gasteiger partial charge on any atom is 0.125 e. The smallest absolute Gasteiger partial charge is 0.125 e. The third-order valence-electron chi connectivity index (χ3n) is 11.7. The highest BCUT2D eigenvalue weighted by molar-refractivity contribution is 8.03. The number of likely N-dealkylation sites (N-methyl/N-ethyl adjacent to an activating group) is 1. The number of allylic oxidation sites excluding steroid dienone is 12. The molecule has 0 fully saturated rings. The van der Waals surface area contributed by atoms with Crippen LogP contribution in [0.15, 0.2) is 134 Å². The van der Waals surface area contributed by atoms with E-state index in [0.29, 0.717) is 35.6 Å². The molecule has 2 aromatic rings. The standard InChI is InChI=1S/C44H50N2S/c1-26(2)34-22-33(30-15-9-8-10-16-30)23-35(27(3)4)43(34)46-42-28(5)14-13-19-39(42)45(7)44(46)36-25-38-37-21-31-17-11-12-18-32(31)24-41(37)47-40(38)20-29(36)6/h8-9,11-13,15,17-24,26-28,34,38,43-44H,10,14,16,25H2,1-7H3. The molecular formula is C44H50N2S. The summed E-state index contributed by atoms with van der Waals surface area (Å²) in [4.78, 5) is 8.56. The van der Waals surface area contributed by atoms with Gasteiger partial charge in [-0.05, 0) is 118 Å².